The van der Waals surface area contributed by atoms with E-state index in [0.717, 1.165) is 62.6 Å². The maximum atomic E-state index is 14.5. The fourth-order valence-electron chi connectivity index (χ4n) is 10.6. The van der Waals surface area contributed by atoms with Crippen LogP contribution in [0.2, 0.25) is 5.02 Å². The van der Waals surface area contributed by atoms with Gasteiger partial charge in [0.2, 0.25) is 23.6 Å². The minimum atomic E-state index is -0.975. The van der Waals surface area contributed by atoms with Gasteiger partial charge in [-0.2, -0.15) is 0 Å². The van der Waals surface area contributed by atoms with Crippen molar-refractivity contribution in [2.75, 3.05) is 36.5 Å². The third-order valence-electron chi connectivity index (χ3n) is 15.1. The van der Waals surface area contributed by atoms with Crippen LogP contribution in [0.4, 0.5) is 11.4 Å². The van der Waals surface area contributed by atoms with E-state index in [1.165, 1.54) is 4.90 Å². The lowest BCUT2D eigenvalue weighted by Crippen LogP contribution is -2.60. The fraction of sp³-hybridized carbons (Fsp3) is 0.450. The number of benzene rings is 4. The number of nitrogens with one attached hydrogen (secondary N) is 3. The highest BCUT2D eigenvalue weighted by molar-refractivity contribution is 7.13. The van der Waals surface area contributed by atoms with Gasteiger partial charge in [-0.25, -0.2) is 4.98 Å². The molecule has 76 heavy (non-hydrogen) atoms. The van der Waals surface area contributed by atoms with E-state index in [9.17, 15) is 28.8 Å². The summed E-state index contributed by atoms with van der Waals surface area (Å²) in [5.41, 5.74) is 9.32. The molecule has 1 aromatic heterocycles. The molecule has 3 unspecified atom stereocenters. The van der Waals surface area contributed by atoms with Crippen LogP contribution in [-0.4, -0.2) is 101 Å². The van der Waals surface area contributed by atoms with Gasteiger partial charge in [-0.15, -0.1) is 11.3 Å². The van der Waals surface area contributed by atoms with Crippen molar-refractivity contribution in [1.29, 1.82) is 0 Å². The van der Waals surface area contributed by atoms with Crippen LogP contribution < -0.4 is 20.9 Å². The van der Waals surface area contributed by atoms with Crippen LogP contribution in [-0.2, 0) is 35.3 Å². The van der Waals surface area contributed by atoms with Gasteiger partial charge in [-0.05, 0) is 141 Å². The second-order valence-electron chi connectivity index (χ2n) is 22.4. The number of nitrogens with zero attached hydrogens (tertiary/aromatic N) is 4. The maximum absolute atomic E-state index is 14.5. The third kappa shape index (κ3) is 12.9. The molecule has 14 nitrogen and oxygen atoms in total. The monoisotopic (exact) mass is 1070 g/mol. The number of halogens is 1. The molecule has 402 valence electrons. The van der Waals surface area contributed by atoms with Gasteiger partial charge in [0, 0.05) is 66.4 Å². The van der Waals surface area contributed by atoms with E-state index in [0.29, 0.717) is 43.3 Å². The predicted molar refractivity (Wildman–Crippen MR) is 300 cm³/mol. The van der Waals surface area contributed by atoms with E-state index < -0.39 is 23.4 Å². The third-order valence-corrected chi connectivity index (χ3v) is 16.3. The molecule has 1 saturated carbocycles. The Balaban J connectivity index is 0.816. The summed E-state index contributed by atoms with van der Waals surface area (Å²) < 4.78 is 6.14. The first-order valence-electron chi connectivity index (χ1n) is 26.5. The standard InChI is InChI=1S/C60H72ClN7O7S/c1-35(2)66(30-40-10-12-42(13-11-40)54-38(5)63-34-76-54)58(73)53-28-48(70)31-67(53)59(74)55(60(7,8)9)65-57(72)49-24-18-45(49)33-75-32-36(3)29-62-56(71)43-16-14-41(15-17-43)44-19-25-52-50(27-44)51(26-37(4)68(52)39(6)69)64-47-22-20-46(61)21-23-47/h10-17,19-23,25,27,34-37,45,49,51,53,55,64H,18,24,26,28-33H2,1-9H3,(H,62,71)(H,65,72)/t36?,37-,45?,49?,51+,53-,55+/m0/s1. The van der Waals surface area contributed by atoms with Crippen molar-refractivity contribution in [1.82, 2.24) is 25.4 Å². The van der Waals surface area contributed by atoms with Crippen LogP contribution >= 0.6 is 22.9 Å². The Morgan fingerprint density at radius 3 is 2.21 bits per heavy atom. The average Bonchev–Trinajstić information content (AvgIpc) is 3.99. The normalized spacial score (nSPS) is 20.1. The zero-order valence-electron chi connectivity index (χ0n) is 45.2. The number of likely N-dealkylation sites (tertiary alicyclic amines) is 1. The van der Waals surface area contributed by atoms with Gasteiger partial charge < -0.3 is 35.4 Å². The molecule has 0 radical (unpaired) electrons. The van der Waals surface area contributed by atoms with E-state index >= 15 is 0 Å². The smallest absolute Gasteiger partial charge is 0.251 e. The second-order valence-corrected chi connectivity index (χ2v) is 23.7. The highest BCUT2D eigenvalue weighted by atomic mass is 35.5. The first-order valence-corrected chi connectivity index (χ1v) is 27.8. The SMILES string of the molecule is CC(=O)N1c2ccc(-c3ccc(C(=O)NCC(C)COCC4CCC4C(=O)N[C@H](C(=O)N4CC(=O)C[C@H]4C(=O)N(Cc4ccc(-c5scnc5C)cc4)C(C)C)C(C)(C)C)cc3)cc2[C@H](Nc2ccc(Cl)cc2)C[C@@H]1C. The number of fused-ring (bicyclic) bond motifs is 1. The predicted octanol–water partition coefficient (Wildman–Crippen LogP) is 10.3. The number of ether oxygens (including phenoxy) is 1. The van der Waals surface area contributed by atoms with Gasteiger partial charge >= 0.3 is 0 Å². The van der Waals surface area contributed by atoms with Crippen LogP contribution in [0.3, 0.4) is 0 Å². The Hall–Kier alpha value is -6.42. The Kier molecular flexibility index (Phi) is 17.5. The number of carbonyl (C=O) groups excluding carboxylic acids is 6. The topological polar surface area (TPSA) is 170 Å². The molecule has 8 rings (SSSR count). The van der Waals surface area contributed by atoms with Crippen LogP contribution in [0.25, 0.3) is 21.6 Å². The van der Waals surface area contributed by atoms with Gasteiger partial charge in [-0.1, -0.05) is 81.8 Å². The number of thiazole rings is 1. The number of aromatic nitrogens is 1. The van der Waals surface area contributed by atoms with E-state index in [4.69, 9.17) is 16.3 Å². The fourth-order valence-corrected chi connectivity index (χ4v) is 11.6. The van der Waals surface area contributed by atoms with Crippen molar-refractivity contribution < 1.29 is 33.5 Å². The number of Topliss-reactive ketones (excluding diaryl/α,β-unsaturated/α-hetero) is 1. The zero-order valence-corrected chi connectivity index (χ0v) is 46.7. The van der Waals surface area contributed by atoms with E-state index in [1.54, 1.807) is 23.2 Å². The van der Waals surface area contributed by atoms with Crippen LogP contribution in [0, 0.1) is 30.1 Å². The largest absolute Gasteiger partial charge is 0.381 e. The molecule has 3 heterocycles. The first kappa shape index (κ1) is 55.8. The Morgan fingerprint density at radius 1 is 0.908 bits per heavy atom. The van der Waals surface area contributed by atoms with Crippen LogP contribution in [0.15, 0.2) is 96.5 Å². The second kappa shape index (κ2) is 23.9. The molecule has 3 N–H and O–H groups in total. The molecule has 4 aromatic carbocycles. The molecule has 16 heteroatoms. The molecule has 0 bridgehead atoms. The maximum Gasteiger partial charge on any atom is 0.251 e. The Bertz CT molecular complexity index is 2920. The summed E-state index contributed by atoms with van der Waals surface area (Å²) >= 11 is 7.73. The first-order chi connectivity index (χ1) is 36.2. The van der Waals surface area contributed by atoms with E-state index in [1.807, 2.05) is 144 Å². The zero-order chi connectivity index (χ0) is 54.6. The lowest BCUT2D eigenvalue weighted by atomic mass is 9.73. The number of hydrogen-bond donors (Lipinski definition) is 3. The lowest BCUT2D eigenvalue weighted by Gasteiger charge is -2.40. The summed E-state index contributed by atoms with van der Waals surface area (Å²) in [6.45, 7) is 18.3. The van der Waals surface area contributed by atoms with Crippen molar-refractivity contribution in [2.45, 2.75) is 125 Å². The minimum Gasteiger partial charge on any atom is -0.381 e. The summed E-state index contributed by atoms with van der Waals surface area (Å²) in [6.07, 6.45) is 2.10. The number of aryl methyl sites for hydroxylation is 1. The van der Waals surface area contributed by atoms with Crippen LogP contribution in [0.1, 0.15) is 114 Å². The van der Waals surface area contributed by atoms with Gasteiger partial charge in [0.05, 0.1) is 41.9 Å². The number of anilines is 2. The molecule has 2 aliphatic heterocycles. The van der Waals surface area contributed by atoms with Gasteiger partial charge in [0.25, 0.3) is 5.91 Å². The number of hydrogen-bond acceptors (Lipinski definition) is 10. The number of amides is 5. The molecule has 3 aliphatic rings. The molecule has 2 fully saturated rings. The molecule has 0 spiro atoms. The summed E-state index contributed by atoms with van der Waals surface area (Å²) in [5, 5.41) is 10.4. The van der Waals surface area contributed by atoms with Crippen molar-refractivity contribution in [3.05, 3.63) is 124 Å². The molecule has 7 atom stereocenters. The minimum absolute atomic E-state index is 0.00299. The molecular weight excluding hydrogens is 998 g/mol. The summed E-state index contributed by atoms with van der Waals surface area (Å²) in [7, 11) is 0. The lowest BCUT2D eigenvalue weighted by molar-refractivity contribution is -0.149. The van der Waals surface area contributed by atoms with Crippen molar-refractivity contribution in [2.24, 2.45) is 23.2 Å². The van der Waals surface area contributed by atoms with Crippen molar-refractivity contribution in [3.63, 3.8) is 0 Å². The number of ketones is 1. The van der Waals surface area contributed by atoms with Crippen molar-refractivity contribution >= 4 is 69.6 Å². The van der Waals surface area contributed by atoms with Gasteiger partial charge in [0.1, 0.15) is 12.1 Å². The highest BCUT2D eigenvalue weighted by Gasteiger charge is 2.47. The molecule has 1 aliphatic carbocycles. The van der Waals surface area contributed by atoms with E-state index in [2.05, 4.69) is 33.9 Å². The molecular formula is C60H72ClN7O7S. The van der Waals surface area contributed by atoms with Crippen molar-refractivity contribution in [3.8, 4) is 21.6 Å². The quantitative estimate of drug-likeness (QED) is 0.0773. The van der Waals surface area contributed by atoms with Gasteiger partial charge in [0.15, 0.2) is 5.78 Å². The Morgan fingerprint density at radius 2 is 1.59 bits per heavy atom. The molecule has 5 aromatic rings. The van der Waals surface area contributed by atoms with Crippen LogP contribution in [0.5, 0.6) is 0 Å². The summed E-state index contributed by atoms with van der Waals surface area (Å²) in [4.78, 5) is 92.4. The number of carbonyl (C=O) groups is 6. The highest BCUT2D eigenvalue weighted by Crippen LogP contribution is 2.42. The molecule has 1 saturated heterocycles. The Labute approximate surface area is 456 Å². The average molecular weight is 1070 g/mol. The summed E-state index contributed by atoms with van der Waals surface area (Å²) in [5.74, 6) is -1.80. The summed E-state index contributed by atoms with van der Waals surface area (Å²) in [6, 6.07) is 27.1. The number of rotatable bonds is 18. The van der Waals surface area contributed by atoms with E-state index in [-0.39, 0.29) is 78.3 Å². The van der Waals surface area contributed by atoms with Gasteiger partial charge in [-0.3, -0.25) is 28.8 Å². The molecule has 5 amide bonds.